The number of methoxy groups -OCH3 is 1. The van der Waals surface area contributed by atoms with Crippen molar-refractivity contribution >= 4 is 26.8 Å². The number of H-pyrrole nitrogens is 1. The predicted octanol–water partition coefficient (Wildman–Crippen LogP) is 2.77. The van der Waals surface area contributed by atoms with E-state index in [0.717, 1.165) is 43.6 Å². The number of aromatic amines is 1. The number of ether oxygens (including phenoxy) is 1. The van der Waals surface area contributed by atoms with E-state index in [1.54, 1.807) is 13.3 Å². The molecular formula is C22H22N6O2S. The summed E-state index contributed by atoms with van der Waals surface area (Å²) in [6.07, 6.45) is 1.68. The number of hydrogen-bond donors (Lipinski definition) is 1. The minimum absolute atomic E-state index is 0.174. The summed E-state index contributed by atoms with van der Waals surface area (Å²) < 4.78 is 5.78. The Balaban J connectivity index is 1.29. The standard InChI is InChI=1S/C22H22N6O2S/c1-30-16-7-5-15(6-8-16)14-27-10-12-28(13-11-27)22-26-20-18(31-22)21(29)25-19(24-20)17-4-2-3-9-23-17/h2-9H,10-14H2,1H3,(H,24,25,29). The number of anilines is 1. The Morgan fingerprint density at radius 2 is 1.87 bits per heavy atom. The highest BCUT2D eigenvalue weighted by atomic mass is 32.1. The predicted molar refractivity (Wildman–Crippen MR) is 122 cm³/mol. The zero-order valence-electron chi connectivity index (χ0n) is 17.1. The number of hydrogen-bond acceptors (Lipinski definition) is 8. The van der Waals surface area contributed by atoms with Gasteiger partial charge in [-0.15, -0.1) is 0 Å². The second kappa shape index (κ2) is 8.44. The van der Waals surface area contributed by atoms with Gasteiger partial charge in [0.25, 0.3) is 5.56 Å². The first-order valence-electron chi connectivity index (χ1n) is 10.1. The molecule has 0 unspecified atom stereocenters. The summed E-state index contributed by atoms with van der Waals surface area (Å²) in [5.41, 5.74) is 2.20. The van der Waals surface area contributed by atoms with Crippen molar-refractivity contribution in [3.63, 3.8) is 0 Å². The molecule has 31 heavy (non-hydrogen) atoms. The van der Waals surface area contributed by atoms with Crippen molar-refractivity contribution in [2.75, 3.05) is 38.2 Å². The van der Waals surface area contributed by atoms with Crippen molar-refractivity contribution in [3.05, 3.63) is 64.6 Å². The number of pyridine rings is 1. The topological polar surface area (TPSA) is 87.2 Å². The van der Waals surface area contributed by atoms with Crippen molar-refractivity contribution < 1.29 is 4.74 Å². The molecule has 3 aromatic heterocycles. The third-order valence-electron chi connectivity index (χ3n) is 5.37. The van der Waals surface area contributed by atoms with Gasteiger partial charge >= 0.3 is 0 Å². The van der Waals surface area contributed by atoms with Crippen LogP contribution in [0.2, 0.25) is 0 Å². The molecule has 158 valence electrons. The molecule has 9 heteroatoms. The maximum atomic E-state index is 12.6. The Morgan fingerprint density at radius 1 is 1.06 bits per heavy atom. The largest absolute Gasteiger partial charge is 0.497 e. The highest BCUT2D eigenvalue weighted by molar-refractivity contribution is 7.22. The molecule has 1 saturated heterocycles. The lowest BCUT2D eigenvalue weighted by molar-refractivity contribution is 0.250. The van der Waals surface area contributed by atoms with Crippen molar-refractivity contribution in [3.8, 4) is 17.3 Å². The Bertz CT molecular complexity index is 1230. The summed E-state index contributed by atoms with van der Waals surface area (Å²) in [6, 6.07) is 13.7. The average Bonchev–Trinajstić information content (AvgIpc) is 3.26. The molecule has 0 radical (unpaired) electrons. The number of nitrogens with one attached hydrogen (secondary N) is 1. The molecule has 0 amide bonds. The second-order valence-electron chi connectivity index (χ2n) is 7.39. The molecule has 5 rings (SSSR count). The summed E-state index contributed by atoms with van der Waals surface area (Å²) in [4.78, 5) is 33.5. The van der Waals surface area contributed by atoms with Gasteiger partial charge in [0.05, 0.1) is 7.11 Å². The van der Waals surface area contributed by atoms with Crippen LogP contribution >= 0.6 is 11.3 Å². The smallest absolute Gasteiger partial charge is 0.270 e. The van der Waals surface area contributed by atoms with Crippen LogP contribution in [0.25, 0.3) is 21.9 Å². The lowest BCUT2D eigenvalue weighted by atomic mass is 10.2. The van der Waals surface area contributed by atoms with E-state index in [1.165, 1.54) is 16.9 Å². The Morgan fingerprint density at radius 3 is 2.58 bits per heavy atom. The molecule has 4 aromatic rings. The first kappa shape index (κ1) is 19.7. The van der Waals surface area contributed by atoms with Crippen LogP contribution in [-0.4, -0.2) is 58.1 Å². The summed E-state index contributed by atoms with van der Waals surface area (Å²) in [5, 5.41) is 0.843. The lowest BCUT2D eigenvalue weighted by Gasteiger charge is -2.34. The molecule has 0 atom stereocenters. The first-order valence-corrected chi connectivity index (χ1v) is 10.9. The number of piperazine rings is 1. The number of thiazole rings is 1. The zero-order chi connectivity index (χ0) is 21.2. The highest BCUT2D eigenvalue weighted by Crippen LogP contribution is 2.27. The molecule has 0 spiro atoms. The van der Waals surface area contributed by atoms with Gasteiger partial charge in [-0.1, -0.05) is 29.5 Å². The number of benzene rings is 1. The molecule has 1 aliphatic rings. The molecule has 0 aliphatic carbocycles. The first-order chi connectivity index (χ1) is 15.2. The van der Waals surface area contributed by atoms with Crippen LogP contribution in [0.15, 0.2) is 53.5 Å². The fraction of sp³-hybridized carbons (Fsp3) is 0.273. The van der Waals surface area contributed by atoms with Gasteiger partial charge < -0.3 is 14.6 Å². The van der Waals surface area contributed by atoms with Gasteiger partial charge in [-0.2, -0.15) is 4.98 Å². The second-order valence-corrected chi connectivity index (χ2v) is 8.37. The minimum atomic E-state index is -0.174. The number of rotatable bonds is 5. The quantitative estimate of drug-likeness (QED) is 0.517. The monoisotopic (exact) mass is 434 g/mol. The van der Waals surface area contributed by atoms with E-state index in [2.05, 4.69) is 41.9 Å². The third-order valence-corrected chi connectivity index (χ3v) is 6.47. The van der Waals surface area contributed by atoms with Crippen LogP contribution in [0, 0.1) is 0 Å². The van der Waals surface area contributed by atoms with Crippen molar-refractivity contribution in [2.45, 2.75) is 6.54 Å². The Kier molecular flexibility index (Phi) is 5.35. The molecular weight excluding hydrogens is 412 g/mol. The maximum absolute atomic E-state index is 12.6. The van der Waals surface area contributed by atoms with Gasteiger partial charge in [-0.05, 0) is 29.8 Å². The van der Waals surface area contributed by atoms with E-state index in [1.807, 2.05) is 30.3 Å². The molecule has 4 heterocycles. The van der Waals surface area contributed by atoms with E-state index in [4.69, 9.17) is 4.74 Å². The molecule has 1 N–H and O–H groups in total. The number of fused-ring (bicyclic) bond motifs is 1. The molecule has 0 bridgehead atoms. The Hall–Kier alpha value is -3.30. The molecule has 1 fully saturated rings. The van der Waals surface area contributed by atoms with Gasteiger partial charge in [-0.3, -0.25) is 14.7 Å². The Labute approximate surface area is 183 Å². The van der Waals surface area contributed by atoms with Gasteiger partial charge in [0.1, 0.15) is 16.1 Å². The summed E-state index contributed by atoms with van der Waals surface area (Å²) in [5.74, 6) is 1.32. The van der Waals surface area contributed by atoms with Gasteiger partial charge in [0.2, 0.25) is 0 Å². The van der Waals surface area contributed by atoms with E-state index in [9.17, 15) is 4.79 Å². The number of aromatic nitrogens is 4. The summed E-state index contributed by atoms with van der Waals surface area (Å²) >= 11 is 1.40. The average molecular weight is 435 g/mol. The van der Waals surface area contributed by atoms with Crippen molar-refractivity contribution in [1.82, 2.24) is 24.8 Å². The zero-order valence-corrected chi connectivity index (χ0v) is 17.9. The molecule has 1 aliphatic heterocycles. The van der Waals surface area contributed by atoms with Crippen LogP contribution in [-0.2, 0) is 6.54 Å². The minimum Gasteiger partial charge on any atom is -0.497 e. The van der Waals surface area contributed by atoms with Crippen LogP contribution in [0.5, 0.6) is 5.75 Å². The van der Waals surface area contributed by atoms with Gasteiger partial charge in [-0.25, -0.2) is 4.98 Å². The molecule has 0 saturated carbocycles. The highest BCUT2D eigenvalue weighted by Gasteiger charge is 2.21. The van der Waals surface area contributed by atoms with Crippen LogP contribution in [0.1, 0.15) is 5.56 Å². The van der Waals surface area contributed by atoms with E-state index >= 15 is 0 Å². The van der Waals surface area contributed by atoms with E-state index in [0.29, 0.717) is 21.9 Å². The molecule has 8 nitrogen and oxygen atoms in total. The third kappa shape index (κ3) is 4.14. The van der Waals surface area contributed by atoms with Crippen molar-refractivity contribution in [1.29, 1.82) is 0 Å². The van der Waals surface area contributed by atoms with E-state index < -0.39 is 0 Å². The van der Waals surface area contributed by atoms with E-state index in [-0.39, 0.29) is 5.56 Å². The fourth-order valence-corrected chi connectivity index (χ4v) is 4.62. The van der Waals surface area contributed by atoms with Crippen LogP contribution in [0.3, 0.4) is 0 Å². The SMILES string of the molecule is COc1ccc(CN2CCN(c3nc4nc(-c5ccccn5)[nH]c(=O)c4s3)CC2)cc1. The lowest BCUT2D eigenvalue weighted by Crippen LogP contribution is -2.45. The fourth-order valence-electron chi connectivity index (χ4n) is 3.67. The van der Waals surface area contributed by atoms with Crippen LogP contribution < -0.4 is 15.2 Å². The van der Waals surface area contributed by atoms with Crippen LogP contribution in [0.4, 0.5) is 5.13 Å². The molecule has 1 aromatic carbocycles. The van der Waals surface area contributed by atoms with Gasteiger partial charge in [0.15, 0.2) is 16.6 Å². The summed E-state index contributed by atoms with van der Waals surface area (Å²) in [7, 11) is 1.68. The van der Waals surface area contributed by atoms with Crippen molar-refractivity contribution in [2.24, 2.45) is 0 Å². The summed E-state index contributed by atoms with van der Waals surface area (Å²) in [6.45, 7) is 4.50. The normalized spacial score (nSPS) is 14.8. The maximum Gasteiger partial charge on any atom is 0.270 e. The van der Waals surface area contributed by atoms with Gasteiger partial charge in [0, 0.05) is 38.9 Å². The number of nitrogens with zero attached hydrogens (tertiary/aromatic N) is 5.